The van der Waals surface area contributed by atoms with Gasteiger partial charge in [0.2, 0.25) is 0 Å². The molecule has 1 aromatic rings. The maximum atomic E-state index is 9.71. The van der Waals surface area contributed by atoms with Gasteiger partial charge < -0.3 is 15.2 Å². The van der Waals surface area contributed by atoms with Crippen LogP contribution in [0.15, 0.2) is 36.4 Å². The molecular weight excluding hydrogens is 262 g/mol. The lowest BCUT2D eigenvalue weighted by molar-refractivity contribution is 0.0290. The molecule has 0 fully saturated rings. The van der Waals surface area contributed by atoms with E-state index in [1.807, 2.05) is 37.3 Å². The number of rotatable bonds is 9. The topological polar surface area (TPSA) is 41.5 Å². The molecular formula is C15H22ClNO2. The lowest BCUT2D eigenvalue weighted by Crippen LogP contribution is -2.30. The van der Waals surface area contributed by atoms with Crippen molar-refractivity contribution in [1.29, 1.82) is 0 Å². The van der Waals surface area contributed by atoms with Gasteiger partial charge >= 0.3 is 0 Å². The Balaban J connectivity index is 2.10. The van der Waals surface area contributed by atoms with Crippen molar-refractivity contribution in [2.24, 2.45) is 0 Å². The highest BCUT2D eigenvalue weighted by Gasteiger charge is 2.04. The van der Waals surface area contributed by atoms with Crippen LogP contribution in [0.2, 0.25) is 5.02 Å². The summed E-state index contributed by atoms with van der Waals surface area (Å²) in [6, 6.07) is 7.56. The van der Waals surface area contributed by atoms with Crippen molar-refractivity contribution in [3.8, 4) is 0 Å². The average molecular weight is 284 g/mol. The third-order valence-electron chi connectivity index (χ3n) is 2.63. The number of aliphatic hydroxyl groups is 1. The highest BCUT2D eigenvalue weighted by molar-refractivity contribution is 6.31. The first-order valence-electron chi connectivity index (χ1n) is 6.55. The van der Waals surface area contributed by atoms with Crippen LogP contribution in [0.3, 0.4) is 0 Å². The van der Waals surface area contributed by atoms with Gasteiger partial charge in [-0.3, -0.25) is 0 Å². The standard InChI is InChI=1S/C15H22ClNO2/c1-2-3-6-9-17-10-14(18)12-19-11-13-7-4-5-8-15(13)16/h2-5,7-8,14,17-18H,6,9-12H2,1H3/b3-2+. The van der Waals surface area contributed by atoms with Crippen molar-refractivity contribution in [3.05, 3.63) is 47.0 Å². The molecule has 0 aliphatic heterocycles. The SMILES string of the molecule is C/C=C/CCNCC(O)COCc1ccccc1Cl. The van der Waals surface area contributed by atoms with Gasteiger partial charge in [0.05, 0.1) is 19.3 Å². The maximum Gasteiger partial charge on any atom is 0.0897 e. The number of halogens is 1. The Morgan fingerprint density at radius 1 is 1.42 bits per heavy atom. The van der Waals surface area contributed by atoms with Crippen LogP contribution in [-0.2, 0) is 11.3 Å². The molecule has 0 spiro atoms. The van der Waals surface area contributed by atoms with Gasteiger partial charge in [0.1, 0.15) is 0 Å². The first kappa shape index (κ1) is 16.2. The largest absolute Gasteiger partial charge is 0.389 e. The van der Waals surface area contributed by atoms with Crippen molar-refractivity contribution >= 4 is 11.6 Å². The molecule has 1 atom stereocenters. The Hall–Kier alpha value is -0.870. The summed E-state index contributed by atoms with van der Waals surface area (Å²) < 4.78 is 5.45. The molecule has 0 bridgehead atoms. The van der Waals surface area contributed by atoms with E-state index in [1.54, 1.807) is 0 Å². The first-order chi connectivity index (χ1) is 9.24. The molecule has 106 valence electrons. The molecule has 0 aromatic heterocycles. The fourth-order valence-corrected chi connectivity index (χ4v) is 1.79. The van der Waals surface area contributed by atoms with Crippen molar-refractivity contribution in [2.45, 2.75) is 26.1 Å². The second-order valence-electron chi connectivity index (χ2n) is 4.32. The van der Waals surface area contributed by atoms with E-state index in [4.69, 9.17) is 16.3 Å². The summed E-state index contributed by atoms with van der Waals surface area (Å²) in [5, 5.41) is 13.6. The fraction of sp³-hybridized carbons (Fsp3) is 0.467. The number of nitrogens with one attached hydrogen (secondary N) is 1. The summed E-state index contributed by atoms with van der Waals surface area (Å²) in [6.45, 7) is 4.14. The minimum absolute atomic E-state index is 0.307. The molecule has 0 heterocycles. The molecule has 0 aliphatic carbocycles. The predicted molar refractivity (Wildman–Crippen MR) is 79.4 cm³/mol. The number of benzene rings is 1. The highest BCUT2D eigenvalue weighted by atomic mass is 35.5. The molecule has 19 heavy (non-hydrogen) atoms. The molecule has 3 nitrogen and oxygen atoms in total. The molecule has 0 aliphatic rings. The lowest BCUT2D eigenvalue weighted by Gasteiger charge is -2.12. The van der Waals surface area contributed by atoms with Crippen molar-refractivity contribution in [2.75, 3.05) is 19.7 Å². The number of allylic oxidation sites excluding steroid dienone is 1. The number of hydrogen-bond donors (Lipinski definition) is 2. The summed E-state index contributed by atoms with van der Waals surface area (Å²) >= 11 is 6.01. The molecule has 1 unspecified atom stereocenters. The zero-order valence-electron chi connectivity index (χ0n) is 11.3. The fourth-order valence-electron chi connectivity index (χ4n) is 1.60. The minimum Gasteiger partial charge on any atom is -0.389 e. The molecule has 4 heteroatoms. The van der Waals surface area contributed by atoms with E-state index in [-0.39, 0.29) is 0 Å². The van der Waals surface area contributed by atoms with Gasteiger partial charge in [-0.2, -0.15) is 0 Å². The van der Waals surface area contributed by atoms with Gasteiger partial charge in [0.25, 0.3) is 0 Å². The number of ether oxygens (including phenoxy) is 1. The summed E-state index contributed by atoms with van der Waals surface area (Å²) in [5.41, 5.74) is 0.942. The lowest BCUT2D eigenvalue weighted by atomic mass is 10.2. The maximum absolute atomic E-state index is 9.71. The number of aliphatic hydroxyl groups excluding tert-OH is 1. The Kier molecular flexibility index (Phi) is 8.50. The third kappa shape index (κ3) is 7.33. The zero-order chi connectivity index (χ0) is 13.9. The van der Waals surface area contributed by atoms with Gasteiger partial charge in [-0.25, -0.2) is 0 Å². The van der Waals surface area contributed by atoms with Crippen LogP contribution >= 0.6 is 11.6 Å². The second kappa shape index (κ2) is 9.98. The van der Waals surface area contributed by atoms with Gasteiger partial charge in [0, 0.05) is 11.6 Å². The Morgan fingerprint density at radius 3 is 2.95 bits per heavy atom. The normalized spacial score (nSPS) is 13.0. The van der Waals surface area contributed by atoms with Crippen LogP contribution in [-0.4, -0.2) is 30.9 Å². The van der Waals surface area contributed by atoms with E-state index in [2.05, 4.69) is 11.4 Å². The van der Waals surface area contributed by atoms with Crippen LogP contribution < -0.4 is 5.32 Å². The van der Waals surface area contributed by atoms with E-state index in [0.717, 1.165) is 18.5 Å². The average Bonchev–Trinajstić information content (AvgIpc) is 2.41. The molecule has 0 saturated carbocycles. The quantitative estimate of drug-likeness (QED) is 0.541. The van der Waals surface area contributed by atoms with Crippen LogP contribution in [0.4, 0.5) is 0 Å². The predicted octanol–water partition coefficient (Wildman–Crippen LogP) is 2.77. The summed E-state index contributed by atoms with van der Waals surface area (Å²) in [5.74, 6) is 0. The van der Waals surface area contributed by atoms with Crippen molar-refractivity contribution < 1.29 is 9.84 Å². The van der Waals surface area contributed by atoms with Crippen LogP contribution in [0.1, 0.15) is 18.9 Å². The Labute approximate surface area is 120 Å². The van der Waals surface area contributed by atoms with Gasteiger partial charge in [-0.1, -0.05) is 42.0 Å². The smallest absolute Gasteiger partial charge is 0.0897 e. The third-order valence-corrected chi connectivity index (χ3v) is 3.00. The van der Waals surface area contributed by atoms with E-state index in [1.165, 1.54) is 0 Å². The second-order valence-corrected chi connectivity index (χ2v) is 4.73. The van der Waals surface area contributed by atoms with Crippen LogP contribution in [0.25, 0.3) is 0 Å². The van der Waals surface area contributed by atoms with Crippen LogP contribution in [0, 0.1) is 0 Å². The summed E-state index contributed by atoms with van der Waals surface area (Å²) in [4.78, 5) is 0. The van der Waals surface area contributed by atoms with E-state index >= 15 is 0 Å². The first-order valence-corrected chi connectivity index (χ1v) is 6.93. The van der Waals surface area contributed by atoms with Crippen molar-refractivity contribution in [3.63, 3.8) is 0 Å². The molecule has 0 radical (unpaired) electrons. The Bertz CT molecular complexity index is 382. The van der Waals surface area contributed by atoms with E-state index in [9.17, 15) is 5.11 Å². The van der Waals surface area contributed by atoms with E-state index < -0.39 is 6.10 Å². The molecule has 1 aromatic carbocycles. The summed E-state index contributed by atoms with van der Waals surface area (Å²) in [6.07, 6.45) is 4.59. The van der Waals surface area contributed by atoms with Gasteiger partial charge in [-0.15, -0.1) is 0 Å². The van der Waals surface area contributed by atoms with E-state index in [0.29, 0.717) is 24.8 Å². The van der Waals surface area contributed by atoms with Crippen molar-refractivity contribution in [1.82, 2.24) is 5.32 Å². The zero-order valence-corrected chi connectivity index (χ0v) is 12.1. The summed E-state index contributed by atoms with van der Waals surface area (Å²) in [7, 11) is 0. The molecule has 0 saturated heterocycles. The molecule has 0 amide bonds. The monoisotopic (exact) mass is 283 g/mol. The van der Waals surface area contributed by atoms with Crippen LogP contribution in [0.5, 0.6) is 0 Å². The minimum atomic E-state index is -0.493. The molecule has 2 N–H and O–H groups in total. The highest BCUT2D eigenvalue weighted by Crippen LogP contribution is 2.15. The number of hydrogen-bond acceptors (Lipinski definition) is 3. The van der Waals surface area contributed by atoms with Gasteiger partial charge in [-0.05, 0) is 31.5 Å². The van der Waals surface area contributed by atoms with Gasteiger partial charge in [0.15, 0.2) is 0 Å². The Morgan fingerprint density at radius 2 is 2.21 bits per heavy atom. The molecule has 1 rings (SSSR count).